The van der Waals surface area contributed by atoms with E-state index in [4.69, 9.17) is 9.47 Å². The van der Waals surface area contributed by atoms with E-state index in [1.54, 1.807) is 0 Å². The second-order valence-corrected chi connectivity index (χ2v) is 7.16. The third kappa shape index (κ3) is 4.59. The number of hydrogen-bond acceptors (Lipinski definition) is 5. The van der Waals surface area contributed by atoms with Crippen LogP contribution < -0.4 is 9.47 Å². The topological polar surface area (TPSA) is 75.5 Å². The van der Waals surface area contributed by atoms with Crippen molar-refractivity contribution in [2.75, 3.05) is 20.2 Å². The number of nitrogens with zero attached hydrogens (tertiary/aromatic N) is 3. The summed E-state index contributed by atoms with van der Waals surface area (Å²) in [5.74, 6) is -1.45. The van der Waals surface area contributed by atoms with Gasteiger partial charge >= 0.3 is 6.18 Å². The fourth-order valence-electron chi connectivity index (χ4n) is 3.20. The largest absolute Gasteiger partial charge is 0.494 e. The molecule has 0 radical (unpaired) electrons. The molecule has 0 unspecified atom stereocenters. The van der Waals surface area contributed by atoms with Gasteiger partial charge in [-0.25, -0.2) is 8.78 Å². The van der Waals surface area contributed by atoms with Crippen LogP contribution in [0.2, 0.25) is 0 Å². The molecule has 0 N–H and O–H groups in total. The average molecular weight is 455 g/mol. The normalized spacial score (nSPS) is 15.2. The highest BCUT2D eigenvalue weighted by Crippen LogP contribution is 2.38. The van der Waals surface area contributed by atoms with E-state index >= 15 is 0 Å². The third-order valence-electron chi connectivity index (χ3n) is 5.07. The maximum atomic E-state index is 13.1. The Labute approximate surface area is 180 Å². The number of amides is 1. The highest BCUT2D eigenvalue weighted by atomic mass is 19.4. The van der Waals surface area contributed by atoms with Crippen molar-refractivity contribution >= 4 is 5.91 Å². The van der Waals surface area contributed by atoms with Gasteiger partial charge in [0.1, 0.15) is 17.4 Å². The Bertz CT molecular complexity index is 1030. The summed E-state index contributed by atoms with van der Waals surface area (Å²) in [6.07, 6.45) is -8.45. The van der Waals surface area contributed by atoms with Crippen molar-refractivity contribution in [3.8, 4) is 17.6 Å². The first-order valence-electron chi connectivity index (χ1n) is 9.44. The summed E-state index contributed by atoms with van der Waals surface area (Å²) < 4.78 is 74.5. The summed E-state index contributed by atoms with van der Waals surface area (Å²) >= 11 is 0. The molecule has 3 rings (SSSR count). The van der Waals surface area contributed by atoms with Crippen LogP contribution in [0.5, 0.6) is 11.5 Å². The van der Waals surface area contributed by atoms with Crippen molar-refractivity contribution in [1.82, 2.24) is 9.88 Å². The molecule has 1 atom stereocenters. The molecular formula is C21H18F5N3O3. The number of hydrogen-bond donors (Lipinski definition) is 0. The first-order valence-corrected chi connectivity index (χ1v) is 9.44. The van der Waals surface area contributed by atoms with E-state index in [-0.39, 0.29) is 47.2 Å². The smallest absolute Gasteiger partial charge is 0.425 e. The average Bonchev–Trinajstić information content (AvgIpc) is 2.71. The van der Waals surface area contributed by atoms with Gasteiger partial charge in [-0.05, 0) is 31.2 Å². The van der Waals surface area contributed by atoms with E-state index in [2.05, 4.69) is 4.98 Å². The van der Waals surface area contributed by atoms with Crippen molar-refractivity contribution in [1.29, 1.82) is 5.26 Å². The molecule has 6 nitrogen and oxygen atoms in total. The maximum absolute atomic E-state index is 13.1. The second-order valence-electron chi connectivity index (χ2n) is 7.16. The van der Waals surface area contributed by atoms with Gasteiger partial charge in [0.05, 0.1) is 12.7 Å². The standard InChI is InChI=1S/C21H18F5N3O3/c1-11(21(24,25)26)32-16-6-4-12(7-27)18(31-2)17(16)20(30)29-9-14(10-29)15-5-3-13(8-28-15)19(22)23/h3-6,8,11,14,19H,9-10H2,1-2H3/t11-/m1/s1. The molecule has 0 bridgehead atoms. The minimum atomic E-state index is -4.67. The number of carbonyl (C=O) groups excluding carboxylic acids is 1. The van der Waals surface area contributed by atoms with Gasteiger partial charge in [-0.2, -0.15) is 18.4 Å². The van der Waals surface area contributed by atoms with Crippen LogP contribution in [0.3, 0.4) is 0 Å². The van der Waals surface area contributed by atoms with E-state index in [9.17, 15) is 32.0 Å². The highest BCUT2D eigenvalue weighted by Gasteiger charge is 2.41. The summed E-state index contributed by atoms with van der Waals surface area (Å²) in [6.45, 7) is 1.12. The Morgan fingerprint density at radius 2 is 1.94 bits per heavy atom. The SMILES string of the molecule is COc1c(C#N)ccc(O[C@H](C)C(F)(F)F)c1C(=O)N1CC(c2ccc(C(F)F)cn2)C1. The van der Waals surface area contributed by atoms with Crippen LogP contribution in [0, 0.1) is 11.3 Å². The number of rotatable bonds is 6. The van der Waals surface area contributed by atoms with Gasteiger partial charge in [0, 0.05) is 36.5 Å². The first kappa shape index (κ1) is 23.2. The number of pyridine rings is 1. The van der Waals surface area contributed by atoms with Crippen LogP contribution in [0.4, 0.5) is 22.0 Å². The van der Waals surface area contributed by atoms with E-state index in [0.717, 1.165) is 19.2 Å². The van der Waals surface area contributed by atoms with Gasteiger partial charge < -0.3 is 14.4 Å². The Kier molecular flexibility index (Phi) is 6.52. The second kappa shape index (κ2) is 8.98. The van der Waals surface area contributed by atoms with Crippen molar-refractivity contribution in [3.63, 3.8) is 0 Å². The summed E-state index contributed by atoms with van der Waals surface area (Å²) in [7, 11) is 1.19. The number of likely N-dealkylation sites (tertiary alicyclic amines) is 1. The number of ether oxygens (including phenoxy) is 2. The van der Waals surface area contributed by atoms with Crippen LogP contribution in [-0.2, 0) is 0 Å². The number of nitriles is 1. The highest BCUT2D eigenvalue weighted by molar-refractivity contribution is 6.01. The number of aromatic nitrogens is 1. The molecule has 1 fully saturated rings. The zero-order chi connectivity index (χ0) is 23.6. The number of carbonyl (C=O) groups is 1. The number of alkyl halides is 5. The van der Waals surface area contributed by atoms with Gasteiger partial charge in [-0.1, -0.05) is 0 Å². The Morgan fingerprint density at radius 1 is 1.25 bits per heavy atom. The molecule has 32 heavy (non-hydrogen) atoms. The zero-order valence-corrected chi connectivity index (χ0v) is 17.0. The lowest BCUT2D eigenvalue weighted by atomic mass is 9.94. The minimum Gasteiger partial charge on any atom is -0.494 e. The van der Waals surface area contributed by atoms with Crippen molar-refractivity contribution in [3.05, 3.63) is 52.8 Å². The van der Waals surface area contributed by atoms with E-state index in [0.29, 0.717) is 5.69 Å². The van der Waals surface area contributed by atoms with E-state index in [1.807, 2.05) is 6.07 Å². The lowest BCUT2D eigenvalue weighted by Gasteiger charge is -2.39. The zero-order valence-electron chi connectivity index (χ0n) is 17.0. The number of benzene rings is 1. The third-order valence-corrected chi connectivity index (χ3v) is 5.07. The number of methoxy groups -OCH3 is 1. The molecule has 0 saturated carbocycles. The van der Waals surface area contributed by atoms with E-state index in [1.165, 1.54) is 30.2 Å². The molecule has 1 aromatic carbocycles. The van der Waals surface area contributed by atoms with Crippen molar-refractivity contribution < 1.29 is 36.2 Å². The van der Waals surface area contributed by atoms with Gasteiger partial charge in [0.25, 0.3) is 12.3 Å². The Balaban J connectivity index is 1.84. The molecule has 1 aliphatic rings. The fourth-order valence-corrected chi connectivity index (χ4v) is 3.20. The lowest BCUT2D eigenvalue weighted by Crippen LogP contribution is -2.49. The van der Waals surface area contributed by atoms with Gasteiger partial charge in [-0.3, -0.25) is 9.78 Å². The summed E-state index contributed by atoms with van der Waals surface area (Å²) in [5, 5.41) is 9.28. The molecule has 1 saturated heterocycles. The summed E-state index contributed by atoms with van der Waals surface area (Å²) in [4.78, 5) is 18.4. The fraction of sp³-hybridized carbons (Fsp3) is 0.381. The molecule has 0 aliphatic carbocycles. The molecule has 2 aromatic rings. The van der Waals surface area contributed by atoms with Crippen molar-refractivity contribution in [2.24, 2.45) is 0 Å². The summed E-state index contributed by atoms with van der Waals surface area (Å²) in [6, 6.07) is 6.87. The molecule has 2 heterocycles. The molecular weight excluding hydrogens is 437 g/mol. The van der Waals surface area contributed by atoms with Crippen molar-refractivity contribution in [2.45, 2.75) is 31.5 Å². The molecule has 170 valence electrons. The molecule has 1 aliphatic heterocycles. The Hall–Kier alpha value is -3.42. The first-order chi connectivity index (χ1) is 15.1. The molecule has 11 heteroatoms. The lowest BCUT2D eigenvalue weighted by molar-refractivity contribution is -0.189. The van der Waals surface area contributed by atoms with E-state index < -0.39 is 24.6 Å². The van der Waals surface area contributed by atoms with Gasteiger partial charge in [0.2, 0.25) is 0 Å². The van der Waals surface area contributed by atoms with Gasteiger partial charge in [0.15, 0.2) is 11.9 Å². The maximum Gasteiger partial charge on any atom is 0.425 e. The number of halogens is 5. The van der Waals surface area contributed by atoms with Crippen LogP contribution in [0.25, 0.3) is 0 Å². The Morgan fingerprint density at radius 3 is 2.44 bits per heavy atom. The summed E-state index contributed by atoms with van der Waals surface area (Å²) in [5.41, 5.74) is -0.0377. The monoisotopic (exact) mass is 455 g/mol. The predicted molar refractivity (Wildman–Crippen MR) is 102 cm³/mol. The van der Waals surface area contributed by atoms with Crippen LogP contribution >= 0.6 is 0 Å². The molecule has 0 spiro atoms. The predicted octanol–water partition coefficient (Wildman–Crippen LogP) is 4.47. The molecule has 1 amide bonds. The minimum absolute atomic E-state index is 0.0378. The van der Waals surface area contributed by atoms with Crippen LogP contribution in [-0.4, -0.2) is 48.3 Å². The van der Waals surface area contributed by atoms with Crippen LogP contribution in [0.15, 0.2) is 30.5 Å². The van der Waals surface area contributed by atoms with Gasteiger partial charge in [-0.15, -0.1) is 0 Å². The van der Waals surface area contributed by atoms with Crippen LogP contribution in [0.1, 0.15) is 46.4 Å². The molecule has 1 aromatic heterocycles. The quantitative estimate of drug-likeness (QED) is 0.601.